The highest BCUT2D eigenvalue weighted by Gasteiger charge is 2.18. The third-order valence-corrected chi connectivity index (χ3v) is 5.06. The van der Waals surface area contributed by atoms with Crippen LogP contribution in [0.1, 0.15) is 18.3 Å². The molecule has 6 nitrogen and oxygen atoms in total. The van der Waals surface area contributed by atoms with Gasteiger partial charge in [-0.2, -0.15) is 0 Å². The van der Waals surface area contributed by atoms with Gasteiger partial charge in [0.15, 0.2) is 9.84 Å². The van der Waals surface area contributed by atoms with Gasteiger partial charge in [-0.1, -0.05) is 18.2 Å². The molecule has 0 aliphatic heterocycles. The number of hydrogen-bond donors (Lipinski definition) is 1. The Bertz CT molecular complexity index is 710. The van der Waals surface area contributed by atoms with Gasteiger partial charge in [-0.15, -0.1) is 0 Å². The molecule has 1 aromatic heterocycles. The average Bonchev–Trinajstić information content (AvgIpc) is 3.09. The van der Waals surface area contributed by atoms with Gasteiger partial charge in [-0.05, 0) is 24.3 Å². The Morgan fingerprint density at radius 3 is 2.57 bits per heavy atom. The lowest BCUT2D eigenvalue weighted by Gasteiger charge is -2.13. The number of furan rings is 1. The third-order valence-electron chi connectivity index (χ3n) is 3.33. The second-order valence-electron chi connectivity index (χ2n) is 4.93. The molecule has 1 atom stereocenters. The number of sulfone groups is 1. The van der Waals surface area contributed by atoms with Crippen molar-refractivity contribution in [2.24, 2.45) is 0 Å². The molecule has 0 bridgehead atoms. The summed E-state index contributed by atoms with van der Waals surface area (Å²) in [6.45, 7) is 0.216. The number of nitrogens with one attached hydrogen (secondary N) is 1. The average molecular weight is 337 g/mol. The first-order chi connectivity index (χ1) is 11.0. The molecule has 1 aromatic carbocycles. The van der Waals surface area contributed by atoms with Crippen molar-refractivity contribution in [3.05, 3.63) is 54.5 Å². The highest BCUT2D eigenvalue weighted by Crippen LogP contribution is 2.16. The summed E-state index contributed by atoms with van der Waals surface area (Å²) in [6.07, 6.45) is 1.02. The number of carbonyl (C=O) groups excluding carboxylic acids is 1. The van der Waals surface area contributed by atoms with E-state index in [0.717, 1.165) is 0 Å². The van der Waals surface area contributed by atoms with E-state index >= 15 is 0 Å². The minimum atomic E-state index is -3.45. The Kier molecular flexibility index (Phi) is 5.95. The Labute approximate surface area is 135 Å². The van der Waals surface area contributed by atoms with E-state index in [9.17, 15) is 13.2 Å². The molecule has 0 fully saturated rings. The molecule has 124 valence electrons. The van der Waals surface area contributed by atoms with E-state index < -0.39 is 15.9 Å². The van der Waals surface area contributed by atoms with Crippen molar-refractivity contribution < 1.29 is 22.4 Å². The Balaban J connectivity index is 1.83. The first-order valence-electron chi connectivity index (χ1n) is 7.13. The number of hydrogen-bond acceptors (Lipinski definition) is 5. The molecule has 0 saturated carbocycles. The third kappa shape index (κ3) is 4.94. The van der Waals surface area contributed by atoms with Gasteiger partial charge in [0.05, 0.1) is 23.5 Å². The van der Waals surface area contributed by atoms with Crippen molar-refractivity contribution in [1.82, 2.24) is 5.32 Å². The molecule has 1 amide bonds. The molecule has 0 saturated heterocycles. The Morgan fingerprint density at radius 1 is 1.22 bits per heavy atom. The molecule has 0 radical (unpaired) electrons. The molecule has 1 unspecified atom stereocenters. The fourth-order valence-electron chi connectivity index (χ4n) is 2.04. The van der Waals surface area contributed by atoms with Crippen LogP contribution in [-0.2, 0) is 19.4 Å². The molecule has 0 spiro atoms. The van der Waals surface area contributed by atoms with Crippen LogP contribution in [0.15, 0.2) is 58.0 Å². The summed E-state index contributed by atoms with van der Waals surface area (Å²) >= 11 is 0. The van der Waals surface area contributed by atoms with Crippen LogP contribution in [0.25, 0.3) is 0 Å². The van der Waals surface area contributed by atoms with Crippen LogP contribution in [0, 0.1) is 0 Å². The monoisotopic (exact) mass is 337 g/mol. The SMILES string of the molecule is COC(CNC(=O)CCS(=O)(=O)c1ccccc1)c1ccco1. The first kappa shape index (κ1) is 17.2. The van der Waals surface area contributed by atoms with Crippen molar-refractivity contribution in [3.63, 3.8) is 0 Å². The smallest absolute Gasteiger partial charge is 0.221 e. The maximum absolute atomic E-state index is 12.1. The second kappa shape index (κ2) is 7.94. The van der Waals surface area contributed by atoms with Gasteiger partial charge in [0.1, 0.15) is 11.9 Å². The van der Waals surface area contributed by atoms with Crippen molar-refractivity contribution in [1.29, 1.82) is 0 Å². The zero-order valence-electron chi connectivity index (χ0n) is 12.8. The van der Waals surface area contributed by atoms with Gasteiger partial charge in [0.25, 0.3) is 0 Å². The lowest BCUT2D eigenvalue weighted by atomic mass is 10.2. The summed E-state index contributed by atoms with van der Waals surface area (Å²) in [6, 6.07) is 11.6. The highest BCUT2D eigenvalue weighted by atomic mass is 32.2. The second-order valence-corrected chi connectivity index (χ2v) is 7.03. The molecule has 7 heteroatoms. The van der Waals surface area contributed by atoms with Gasteiger partial charge in [0.2, 0.25) is 5.91 Å². The first-order valence-corrected chi connectivity index (χ1v) is 8.79. The lowest BCUT2D eigenvalue weighted by Crippen LogP contribution is -2.30. The minimum Gasteiger partial charge on any atom is -0.467 e. The van der Waals surface area contributed by atoms with Gasteiger partial charge in [-0.25, -0.2) is 8.42 Å². The van der Waals surface area contributed by atoms with E-state index in [2.05, 4.69) is 5.32 Å². The summed E-state index contributed by atoms with van der Waals surface area (Å²) in [5.74, 6) is 0.0177. The van der Waals surface area contributed by atoms with Gasteiger partial charge >= 0.3 is 0 Å². The summed E-state index contributed by atoms with van der Waals surface area (Å²) in [7, 11) is -1.94. The summed E-state index contributed by atoms with van der Waals surface area (Å²) in [4.78, 5) is 12.1. The number of benzene rings is 1. The number of rotatable bonds is 8. The van der Waals surface area contributed by atoms with Crippen LogP contribution in [0.3, 0.4) is 0 Å². The van der Waals surface area contributed by atoms with E-state index in [4.69, 9.17) is 9.15 Å². The molecular weight excluding hydrogens is 318 g/mol. The number of methoxy groups -OCH3 is 1. The summed E-state index contributed by atoms with van der Waals surface area (Å²) in [5.41, 5.74) is 0. The van der Waals surface area contributed by atoms with Crippen LogP contribution >= 0.6 is 0 Å². The summed E-state index contributed by atoms with van der Waals surface area (Å²) < 4.78 is 34.6. The van der Waals surface area contributed by atoms with Crippen molar-refractivity contribution >= 4 is 15.7 Å². The quantitative estimate of drug-likeness (QED) is 0.796. The van der Waals surface area contributed by atoms with E-state index in [1.54, 1.807) is 30.3 Å². The van der Waals surface area contributed by atoms with Crippen molar-refractivity contribution in [2.45, 2.75) is 17.4 Å². The van der Waals surface area contributed by atoms with Crippen LogP contribution in [0.4, 0.5) is 0 Å². The van der Waals surface area contributed by atoms with Crippen molar-refractivity contribution in [3.8, 4) is 0 Å². The maximum Gasteiger partial charge on any atom is 0.221 e. The van der Waals surface area contributed by atoms with Crippen LogP contribution < -0.4 is 5.32 Å². The predicted molar refractivity (Wildman–Crippen MR) is 84.6 cm³/mol. The molecular formula is C16H19NO5S. The standard InChI is InChI=1S/C16H19NO5S/c1-21-15(14-8-5-10-22-14)12-17-16(18)9-11-23(19,20)13-6-3-2-4-7-13/h2-8,10,15H,9,11-12H2,1H3,(H,17,18). The number of carbonyl (C=O) groups is 1. The normalized spacial score (nSPS) is 12.7. The Hall–Kier alpha value is -2.12. The van der Waals surface area contributed by atoms with Crippen LogP contribution in [0.2, 0.25) is 0 Å². The maximum atomic E-state index is 12.1. The molecule has 23 heavy (non-hydrogen) atoms. The zero-order chi connectivity index (χ0) is 16.7. The molecule has 0 aliphatic rings. The largest absolute Gasteiger partial charge is 0.467 e. The molecule has 2 rings (SSSR count). The minimum absolute atomic E-state index is 0.105. The molecule has 0 aliphatic carbocycles. The van der Waals surface area contributed by atoms with Crippen LogP contribution in [0.5, 0.6) is 0 Å². The predicted octanol–water partition coefficient (Wildman–Crippen LogP) is 1.95. The van der Waals surface area contributed by atoms with Gasteiger partial charge in [-0.3, -0.25) is 4.79 Å². The molecule has 2 aromatic rings. The van der Waals surface area contributed by atoms with E-state index in [1.165, 1.54) is 25.5 Å². The molecule has 1 N–H and O–H groups in total. The fourth-order valence-corrected chi connectivity index (χ4v) is 3.30. The topological polar surface area (TPSA) is 85.6 Å². The number of ether oxygens (including phenoxy) is 1. The zero-order valence-corrected chi connectivity index (χ0v) is 13.6. The molecule has 1 heterocycles. The summed E-state index contributed by atoms with van der Waals surface area (Å²) in [5, 5.41) is 2.66. The fraction of sp³-hybridized carbons (Fsp3) is 0.312. The van der Waals surface area contributed by atoms with Crippen molar-refractivity contribution in [2.75, 3.05) is 19.4 Å². The highest BCUT2D eigenvalue weighted by molar-refractivity contribution is 7.91. The lowest BCUT2D eigenvalue weighted by molar-refractivity contribution is -0.121. The van der Waals surface area contributed by atoms with Crippen LogP contribution in [-0.4, -0.2) is 33.7 Å². The van der Waals surface area contributed by atoms with E-state index in [1.807, 2.05) is 0 Å². The van der Waals surface area contributed by atoms with E-state index in [-0.39, 0.29) is 29.5 Å². The Morgan fingerprint density at radius 2 is 1.96 bits per heavy atom. The van der Waals surface area contributed by atoms with E-state index in [0.29, 0.717) is 5.76 Å². The van der Waals surface area contributed by atoms with Gasteiger partial charge in [0, 0.05) is 13.5 Å². The number of amides is 1. The van der Waals surface area contributed by atoms with Gasteiger partial charge < -0.3 is 14.5 Å².